The standard InChI is InChI=1S/C14H16O2/c1-6-14(4,5)16-13-9-10(2)7-8-12(13)11(3)15/h1,7-9H,2-5H3. The average Bonchev–Trinajstić information content (AvgIpc) is 2.16. The molecule has 0 aliphatic rings. The minimum Gasteiger partial charge on any atom is -0.474 e. The van der Waals surface area contributed by atoms with Crippen LogP contribution in [0.1, 0.15) is 36.7 Å². The predicted octanol–water partition coefficient (Wildman–Crippen LogP) is 2.99. The molecule has 1 aromatic rings. The average molecular weight is 216 g/mol. The Balaban J connectivity index is 3.17. The minimum atomic E-state index is -0.710. The third kappa shape index (κ3) is 2.87. The van der Waals surface area contributed by atoms with E-state index in [1.54, 1.807) is 19.9 Å². The van der Waals surface area contributed by atoms with E-state index < -0.39 is 5.60 Å². The number of hydrogen-bond acceptors (Lipinski definition) is 2. The van der Waals surface area contributed by atoms with Gasteiger partial charge in [-0.25, -0.2) is 0 Å². The first-order valence-corrected chi connectivity index (χ1v) is 5.14. The van der Waals surface area contributed by atoms with Crippen LogP contribution in [0.3, 0.4) is 0 Å². The summed E-state index contributed by atoms with van der Waals surface area (Å²) in [6.07, 6.45) is 5.36. The molecule has 2 nitrogen and oxygen atoms in total. The number of carbonyl (C=O) groups excluding carboxylic acids is 1. The summed E-state index contributed by atoms with van der Waals surface area (Å²) in [6.45, 7) is 7.04. The monoisotopic (exact) mass is 216 g/mol. The van der Waals surface area contributed by atoms with E-state index in [-0.39, 0.29) is 5.78 Å². The molecular weight excluding hydrogens is 200 g/mol. The van der Waals surface area contributed by atoms with Crippen molar-refractivity contribution in [3.63, 3.8) is 0 Å². The van der Waals surface area contributed by atoms with Gasteiger partial charge in [0.05, 0.1) is 5.56 Å². The first-order chi connectivity index (χ1) is 7.35. The lowest BCUT2D eigenvalue weighted by atomic mass is 10.1. The molecule has 84 valence electrons. The molecule has 0 bridgehead atoms. The lowest BCUT2D eigenvalue weighted by Gasteiger charge is -2.22. The fraction of sp³-hybridized carbons (Fsp3) is 0.357. The summed E-state index contributed by atoms with van der Waals surface area (Å²) in [4.78, 5) is 11.4. The number of ketones is 1. The van der Waals surface area contributed by atoms with Crippen LogP contribution >= 0.6 is 0 Å². The molecule has 0 unspecified atom stereocenters. The van der Waals surface area contributed by atoms with E-state index >= 15 is 0 Å². The second kappa shape index (κ2) is 4.40. The topological polar surface area (TPSA) is 26.3 Å². The van der Waals surface area contributed by atoms with E-state index in [0.29, 0.717) is 11.3 Å². The van der Waals surface area contributed by atoms with Crippen LogP contribution in [-0.2, 0) is 0 Å². The third-order valence-corrected chi connectivity index (χ3v) is 2.23. The SMILES string of the molecule is C#CC(C)(C)Oc1cc(C)ccc1C(C)=O. The number of rotatable bonds is 3. The Labute approximate surface area is 96.6 Å². The molecule has 0 fully saturated rings. The van der Waals surface area contributed by atoms with E-state index in [2.05, 4.69) is 5.92 Å². The third-order valence-electron chi connectivity index (χ3n) is 2.23. The molecular formula is C14H16O2. The Morgan fingerprint density at radius 3 is 2.56 bits per heavy atom. The number of hydrogen-bond donors (Lipinski definition) is 0. The van der Waals surface area contributed by atoms with Gasteiger partial charge in [0, 0.05) is 0 Å². The second-order valence-electron chi connectivity index (χ2n) is 4.31. The zero-order chi connectivity index (χ0) is 12.3. The molecule has 0 aliphatic carbocycles. The van der Waals surface area contributed by atoms with Crippen molar-refractivity contribution in [1.82, 2.24) is 0 Å². The molecule has 0 saturated heterocycles. The van der Waals surface area contributed by atoms with Crippen molar-refractivity contribution >= 4 is 5.78 Å². The highest BCUT2D eigenvalue weighted by molar-refractivity contribution is 5.96. The van der Waals surface area contributed by atoms with Gasteiger partial charge < -0.3 is 4.74 Å². The van der Waals surface area contributed by atoms with Gasteiger partial charge in [-0.05, 0) is 45.4 Å². The Hall–Kier alpha value is -1.75. The lowest BCUT2D eigenvalue weighted by molar-refractivity contribution is 0.100. The Morgan fingerprint density at radius 2 is 2.06 bits per heavy atom. The zero-order valence-electron chi connectivity index (χ0n) is 10.1. The van der Waals surface area contributed by atoms with Crippen LogP contribution in [-0.4, -0.2) is 11.4 Å². The molecule has 0 saturated carbocycles. The van der Waals surface area contributed by atoms with Crippen LogP contribution < -0.4 is 4.74 Å². The maximum Gasteiger partial charge on any atom is 0.163 e. The number of aryl methyl sites for hydroxylation is 1. The first-order valence-electron chi connectivity index (χ1n) is 5.14. The van der Waals surface area contributed by atoms with Gasteiger partial charge in [-0.15, -0.1) is 6.42 Å². The molecule has 0 radical (unpaired) electrons. The summed E-state index contributed by atoms with van der Waals surface area (Å²) in [7, 11) is 0. The van der Waals surface area contributed by atoms with E-state index in [4.69, 9.17) is 11.2 Å². The van der Waals surface area contributed by atoms with E-state index in [1.165, 1.54) is 6.92 Å². The van der Waals surface area contributed by atoms with Crippen molar-refractivity contribution in [2.75, 3.05) is 0 Å². The fourth-order valence-electron chi connectivity index (χ4n) is 1.31. The normalized spacial score (nSPS) is 10.7. The molecule has 0 aromatic heterocycles. The molecule has 0 heterocycles. The first kappa shape index (κ1) is 12.3. The second-order valence-corrected chi connectivity index (χ2v) is 4.31. The Morgan fingerprint density at radius 1 is 1.44 bits per heavy atom. The summed E-state index contributed by atoms with van der Waals surface area (Å²) in [5.41, 5.74) is 0.889. The molecule has 0 amide bonds. The highest BCUT2D eigenvalue weighted by Gasteiger charge is 2.19. The quantitative estimate of drug-likeness (QED) is 0.573. The summed E-state index contributed by atoms with van der Waals surface area (Å²) >= 11 is 0. The summed E-state index contributed by atoms with van der Waals surface area (Å²) in [5, 5.41) is 0. The van der Waals surface area contributed by atoms with Gasteiger partial charge in [-0.2, -0.15) is 0 Å². The highest BCUT2D eigenvalue weighted by atomic mass is 16.5. The Kier molecular flexibility index (Phi) is 3.39. The smallest absolute Gasteiger partial charge is 0.163 e. The molecule has 0 aliphatic heterocycles. The number of ether oxygens (including phenoxy) is 1. The maximum absolute atomic E-state index is 11.4. The minimum absolute atomic E-state index is 0.0252. The molecule has 1 aromatic carbocycles. The number of terminal acetylenes is 1. The van der Waals surface area contributed by atoms with E-state index in [9.17, 15) is 4.79 Å². The van der Waals surface area contributed by atoms with Gasteiger partial charge in [-0.3, -0.25) is 4.79 Å². The van der Waals surface area contributed by atoms with Crippen molar-refractivity contribution in [1.29, 1.82) is 0 Å². The van der Waals surface area contributed by atoms with Crippen LogP contribution in [0.4, 0.5) is 0 Å². The lowest BCUT2D eigenvalue weighted by Crippen LogP contribution is -2.26. The molecule has 0 atom stereocenters. The molecule has 1 rings (SSSR count). The van der Waals surface area contributed by atoms with Crippen molar-refractivity contribution < 1.29 is 9.53 Å². The van der Waals surface area contributed by atoms with Crippen LogP contribution in [0.15, 0.2) is 18.2 Å². The number of benzene rings is 1. The van der Waals surface area contributed by atoms with Crippen LogP contribution in [0.25, 0.3) is 0 Å². The van der Waals surface area contributed by atoms with Gasteiger partial charge >= 0.3 is 0 Å². The molecule has 0 spiro atoms. The zero-order valence-corrected chi connectivity index (χ0v) is 10.1. The van der Waals surface area contributed by atoms with Gasteiger partial charge in [0.1, 0.15) is 5.75 Å². The van der Waals surface area contributed by atoms with Gasteiger partial charge in [0.2, 0.25) is 0 Å². The fourth-order valence-corrected chi connectivity index (χ4v) is 1.31. The van der Waals surface area contributed by atoms with Crippen molar-refractivity contribution in [2.24, 2.45) is 0 Å². The molecule has 0 N–H and O–H groups in total. The molecule has 16 heavy (non-hydrogen) atoms. The number of carbonyl (C=O) groups is 1. The number of Topliss-reactive ketones (excluding diaryl/α,β-unsaturated/α-hetero) is 1. The molecule has 2 heteroatoms. The van der Waals surface area contributed by atoms with Crippen molar-refractivity contribution in [2.45, 2.75) is 33.3 Å². The summed E-state index contributed by atoms with van der Waals surface area (Å²) in [6, 6.07) is 5.47. The van der Waals surface area contributed by atoms with Crippen LogP contribution in [0.5, 0.6) is 5.75 Å². The van der Waals surface area contributed by atoms with Crippen molar-refractivity contribution in [3.05, 3.63) is 29.3 Å². The van der Waals surface area contributed by atoms with Gasteiger partial charge in [-0.1, -0.05) is 12.0 Å². The van der Waals surface area contributed by atoms with Gasteiger partial charge in [0.25, 0.3) is 0 Å². The van der Waals surface area contributed by atoms with Crippen LogP contribution in [0.2, 0.25) is 0 Å². The predicted molar refractivity (Wildman–Crippen MR) is 64.7 cm³/mol. The maximum atomic E-state index is 11.4. The van der Waals surface area contributed by atoms with Crippen LogP contribution in [0, 0.1) is 19.3 Å². The highest BCUT2D eigenvalue weighted by Crippen LogP contribution is 2.24. The summed E-state index contributed by atoms with van der Waals surface area (Å²) < 4.78 is 5.67. The largest absolute Gasteiger partial charge is 0.474 e. The van der Waals surface area contributed by atoms with Gasteiger partial charge in [0.15, 0.2) is 11.4 Å². The van der Waals surface area contributed by atoms with E-state index in [1.807, 2.05) is 19.1 Å². The Bertz CT molecular complexity index is 450. The summed E-state index contributed by atoms with van der Waals surface area (Å²) in [5.74, 6) is 3.07. The van der Waals surface area contributed by atoms with E-state index in [0.717, 1.165) is 5.56 Å². The van der Waals surface area contributed by atoms with Crippen molar-refractivity contribution in [3.8, 4) is 18.1 Å².